The van der Waals surface area contributed by atoms with Crippen molar-refractivity contribution in [3.05, 3.63) is 0 Å². The van der Waals surface area contributed by atoms with Crippen molar-refractivity contribution >= 4 is 5.91 Å². The highest BCUT2D eigenvalue weighted by molar-refractivity contribution is 5.81. The lowest BCUT2D eigenvalue weighted by atomic mass is 10.1. The summed E-state index contributed by atoms with van der Waals surface area (Å²) in [5.41, 5.74) is 5.79. The highest BCUT2D eigenvalue weighted by Gasteiger charge is 2.26. The van der Waals surface area contributed by atoms with Crippen LogP contribution in [-0.4, -0.2) is 54.5 Å². The van der Waals surface area contributed by atoms with E-state index in [9.17, 15) is 4.79 Å². The van der Waals surface area contributed by atoms with Crippen LogP contribution in [-0.2, 0) is 4.79 Å². The van der Waals surface area contributed by atoms with Crippen LogP contribution in [0.2, 0.25) is 0 Å². The second-order valence-corrected chi connectivity index (χ2v) is 4.51. The first-order valence-corrected chi connectivity index (χ1v) is 5.80. The molecule has 1 rings (SSSR count). The summed E-state index contributed by atoms with van der Waals surface area (Å²) < 4.78 is 0. The molecule has 0 radical (unpaired) electrons. The molecule has 1 heterocycles. The summed E-state index contributed by atoms with van der Waals surface area (Å²) in [4.78, 5) is 16.2. The molecule has 0 aromatic rings. The first-order valence-electron chi connectivity index (χ1n) is 5.80. The Morgan fingerprint density at radius 1 is 1.53 bits per heavy atom. The van der Waals surface area contributed by atoms with E-state index >= 15 is 0 Å². The maximum absolute atomic E-state index is 12.0. The van der Waals surface area contributed by atoms with Crippen LogP contribution in [0.4, 0.5) is 0 Å². The first kappa shape index (κ1) is 12.5. The normalized spacial score (nSPS) is 26.1. The van der Waals surface area contributed by atoms with Crippen LogP contribution in [0.25, 0.3) is 0 Å². The molecule has 2 atom stereocenters. The number of amides is 1. The molecule has 1 saturated heterocycles. The summed E-state index contributed by atoms with van der Waals surface area (Å²) >= 11 is 0. The zero-order valence-corrected chi connectivity index (χ0v) is 10.1. The Kier molecular flexibility index (Phi) is 4.54. The van der Waals surface area contributed by atoms with Gasteiger partial charge in [-0.15, -0.1) is 0 Å². The predicted octanol–water partition coefficient (Wildman–Crippen LogP) is 0.276. The van der Waals surface area contributed by atoms with Crippen molar-refractivity contribution < 1.29 is 4.79 Å². The van der Waals surface area contributed by atoms with Gasteiger partial charge in [0.25, 0.3) is 0 Å². The Hall–Kier alpha value is -0.610. The van der Waals surface area contributed by atoms with Crippen molar-refractivity contribution in [1.82, 2.24) is 9.80 Å². The second kappa shape index (κ2) is 5.47. The van der Waals surface area contributed by atoms with Gasteiger partial charge in [-0.05, 0) is 33.4 Å². The van der Waals surface area contributed by atoms with Gasteiger partial charge in [-0.3, -0.25) is 4.79 Å². The number of nitrogens with two attached hydrogens (primary N) is 1. The van der Waals surface area contributed by atoms with Gasteiger partial charge in [0.1, 0.15) is 0 Å². The maximum atomic E-state index is 12.0. The quantitative estimate of drug-likeness (QED) is 0.716. The zero-order valence-electron chi connectivity index (χ0n) is 10.1. The molecule has 4 heteroatoms. The topological polar surface area (TPSA) is 49.6 Å². The third-order valence-corrected chi connectivity index (χ3v) is 3.09. The zero-order chi connectivity index (χ0) is 11.4. The maximum Gasteiger partial charge on any atom is 0.239 e. The Morgan fingerprint density at radius 3 is 2.80 bits per heavy atom. The molecule has 1 fully saturated rings. The number of hydrogen-bond acceptors (Lipinski definition) is 3. The minimum Gasteiger partial charge on any atom is -0.337 e. The first-order chi connectivity index (χ1) is 7.06. The molecule has 0 aliphatic carbocycles. The summed E-state index contributed by atoms with van der Waals surface area (Å²) in [7, 11) is 2.10. The van der Waals surface area contributed by atoms with E-state index in [1.807, 2.05) is 11.8 Å². The average molecular weight is 213 g/mol. The number of likely N-dealkylation sites (N-methyl/N-ethyl adjacent to an activating group) is 1. The van der Waals surface area contributed by atoms with E-state index in [0.717, 1.165) is 32.5 Å². The van der Waals surface area contributed by atoms with Crippen LogP contribution < -0.4 is 5.73 Å². The lowest BCUT2D eigenvalue weighted by Gasteiger charge is -2.30. The fourth-order valence-electron chi connectivity index (χ4n) is 2.09. The van der Waals surface area contributed by atoms with Crippen molar-refractivity contribution in [2.24, 2.45) is 5.73 Å². The van der Waals surface area contributed by atoms with Crippen molar-refractivity contribution in [2.45, 2.75) is 38.8 Å². The molecule has 1 amide bonds. The standard InChI is InChI=1S/C11H23N3O/c1-4-10(12)11(15)14-7-5-6-13(3)8-9(14)2/h9-10H,4-8,12H2,1-3H3/t9?,10-/m0/s1. The van der Waals surface area contributed by atoms with Gasteiger partial charge in [0.2, 0.25) is 5.91 Å². The molecule has 0 saturated carbocycles. The van der Waals surface area contributed by atoms with Gasteiger partial charge in [-0.1, -0.05) is 6.92 Å². The molecule has 1 aliphatic heterocycles. The minimum absolute atomic E-state index is 0.111. The molecule has 88 valence electrons. The van der Waals surface area contributed by atoms with E-state index in [0.29, 0.717) is 0 Å². The van der Waals surface area contributed by atoms with Gasteiger partial charge in [0, 0.05) is 19.1 Å². The predicted molar refractivity (Wildman–Crippen MR) is 61.6 cm³/mol. The minimum atomic E-state index is -0.323. The van der Waals surface area contributed by atoms with E-state index in [1.54, 1.807) is 0 Å². The molecule has 1 aliphatic rings. The number of hydrogen-bond donors (Lipinski definition) is 1. The van der Waals surface area contributed by atoms with Crippen molar-refractivity contribution in [2.75, 3.05) is 26.7 Å². The van der Waals surface area contributed by atoms with Crippen LogP contribution in [0.5, 0.6) is 0 Å². The van der Waals surface area contributed by atoms with Gasteiger partial charge in [-0.2, -0.15) is 0 Å². The van der Waals surface area contributed by atoms with Crippen LogP contribution in [0.3, 0.4) is 0 Å². The Morgan fingerprint density at radius 2 is 2.20 bits per heavy atom. The average Bonchev–Trinajstić information content (AvgIpc) is 2.37. The monoisotopic (exact) mass is 213 g/mol. The fourth-order valence-corrected chi connectivity index (χ4v) is 2.09. The summed E-state index contributed by atoms with van der Waals surface area (Å²) in [5, 5.41) is 0. The van der Waals surface area contributed by atoms with E-state index < -0.39 is 0 Å². The van der Waals surface area contributed by atoms with Gasteiger partial charge < -0.3 is 15.5 Å². The van der Waals surface area contributed by atoms with E-state index in [1.165, 1.54) is 0 Å². The molecule has 2 N–H and O–H groups in total. The summed E-state index contributed by atoms with van der Waals surface area (Å²) in [6.45, 7) is 6.91. The highest BCUT2D eigenvalue weighted by Crippen LogP contribution is 2.10. The van der Waals surface area contributed by atoms with Gasteiger partial charge in [0.15, 0.2) is 0 Å². The molecule has 15 heavy (non-hydrogen) atoms. The summed E-state index contributed by atoms with van der Waals surface area (Å²) in [6, 6.07) is -0.0431. The molecule has 4 nitrogen and oxygen atoms in total. The molecule has 0 bridgehead atoms. The van der Waals surface area contributed by atoms with Crippen LogP contribution in [0.15, 0.2) is 0 Å². The van der Waals surface area contributed by atoms with Crippen molar-refractivity contribution in [1.29, 1.82) is 0 Å². The fraction of sp³-hybridized carbons (Fsp3) is 0.909. The molecule has 0 aromatic carbocycles. The summed E-state index contributed by atoms with van der Waals surface area (Å²) in [5.74, 6) is 0.111. The Labute approximate surface area is 92.4 Å². The lowest BCUT2D eigenvalue weighted by Crippen LogP contribution is -2.49. The van der Waals surface area contributed by atoms with Crippen LogP contribution in [0, 0.1) is 0 Å². The van der Waals surface area contributed by atoms with E-state index in [2.05, 4.69) is 18.9 Å². The molecular formula is C11H23N3O. The summed E-state index contributed by atoms with van der Waals surface area (Å²) in [6.07, 6.45) is 1.76. The Balaban J connectivity index is 2.63. The van der Waals surface area contributed by atoms with E-state index in [4.69, 9.17) is 5.73 Å². The van der Waals surface area contributed by atoms with Crippen molar-refractivity contribution in [3.8, 4) is 0 Å². The molecule has 0 spiro atoms. The number of nitrogens with zero attached hydrogens (tertiary/aromatic N) is 2. The highest BCUT2D eigenvalue weighted by atomic mass is 16.2. The Bertz CT molecular complexity index is 220. The molecular weight excluding hydrogens is 190 g/mol. The third-order valence-electron chi connectivity index (χ3n) is 3.09. The van der Waals surface area contributed by atoms with Crippen LogP contribution in [0.1, 0.15) is 26.7 Å². The van der Waals surface area contributed by atoms with Crippen LogP contribution >= 0.6 is 0 Å². The third kappa shape index (κ3) is 3.18. The smallest absolute Gasteiger partial charge is 0.239 e. The number of carbonyl (C=O) groups is 1. The van der Waals surface area contributed by atoms with Gasteiger partial charge >= 0.3 is 0 Å². The number of rotatable bonds is 2. The van der Waals surface area contributed by atoms with Gasteiger partial charge in [-0.25, -0.2) is 0 Å². The largest absolute Gasteiger partial charge is 0.337 e. The molecule has 1 unspecified atom stereocenters. The second-order valence-electron chi connectivity index (χ2n) is 4.51. The number of carbonyl (C=O) groups excluding carboxylic acids is 1. The van der Waals surface area contributed by atoms with Gasteiger partial charge in [0.05, 0.1) is 6.04 Å². The molecule has 0 aromatic heterocycles. The SMILES string of the molecule is CC[C@H](N)C(=O)N1CCCN(C)CC1C. The lowest BCUT2D eigenvalue weighted by molar-refractivity contribution is -0.134. The van der Waals surface area contributed by atoms with E-state index in [-0.39, 0.29) is 18.0 Å². The van der Waals surface area contributed by atoms with Crippen molar-refractivity contribution in [3.63, 3.8) is 0 Å².